The number of amides is 1. The summed E-state index contributed by atoms with van der Waals surface area (Å²) in [5.74, 6) is 1.36. The molecule has 0 radical (unpaired) electrons. The maximum atomic E-state index is 11.5. The average molecular weight is 317 g/mol. The van der Waals surface area contributed by atoms with Crippen LogP contribution < -0.4 is 10.6 Å². The Bertz CT molecular complexity index is 699. The molecule has 1 aliphatic carbocycles. The zero-order chi connectivity index (χ0) is 16.4. The number of aromatic nitrogens is 1. The van der Waals surface area contributed by atoms with Crippen molar-refractivity contribution >= 4 is 22.9 Å². The molecule has 1 aromatic heterocycles. The fraction of sp³-hybridized carbons (Fsp3) is 0.529. The van der Waals surface area contributed by atoms with Crippen molar-refractivity contribution in [1.82, 2.24) is 10.3 Å². The second-order valence-electron chi connectivity index (χ2n) is 6.86. The highest BCUT2D eigenvalue weighted by molar-refractivity contribution is 5.77. The van der Waals surface area contributed by atoms with Gasteiger partial charge in [-0.15, -0.1) is 0 Å². The standard InChI is InChI=1S/C17H23N3O3/c1-17(2,3)23-16(21)19-9-8-18-12-6-7-14-13(10-12)20-15(22-14)11-4-5-11/h6-7,10-11,18H,4-5,8-9H2,1-3H3,(H,19,21). The Morgan fingerprint density at radius 3 is 2.83 bits per heavy atom. The van der Waals surface area contributed by atoms with Crippen LogP contribution in [-0.4, -0.2) is 29.8 Å². The number of carbonyl (C=O) groups excluding carboxylic acids is 1. The van der Waals surface area contributed by atoms with Crippen LogP contribution in [0.15, 0.2) is 22.6 Å². The summed E-state index contributed by atoms with van der Waals surface area (Å²) in [5, 5.41) is 5.97. The Hall–Kier alpha value is -2.24. The van der Waals surface area contributed by atoms with Crippen molar-refractivity contribution < 1.29 is 13.9 Å². The number of nitrogens with zero attached hydrogens (tertiary/aromatic N) is 1. The van der Waals surface area contributed by atoms with Crippen LogP contribution in [0.25, 0.3) is 11.1 Å². The van der Waals surface area contributed by atoms with Gasteiger partial charge in [0.05, 0.1) is 0 Å². The molecule has 0 bridgehead atoms. The number of hydrogen-bond donors (Lipinski definition) is 2. The maximum Gasteiger partial charge on any atom is 0.407 e. The monoisotopic (exact) mass is 317 g/mol. The molecule has 2 aromatic rings. The van der Waals surface area contributed by atoms with Gasteiger partial charge in [-0.05, 0) is 51.8 Å². The summed E-state index contributed by atoms with van der Waals surface area (Å²) in [6, 6.07) is 5.85. The van der Waals surface area contributed by atoms with Crippen molar-refractivity contribution in [2.24, 2.45) is 0 Å². The molecular formula is C17H23N3O3. The van der Waals surface area contributed by atoms with Crippen molar-refractivity contribution in [2.75, 3.05) is 18.4 Å². The number of nitrogens with one attached hydrogen (secondary N) is 2. The summed E-state index contributed by atoms with van der Waals surface area (Å²) in [6.07, 6.45) is 1.95. The van der Waals surface area contributed by atoms with Crippen molar-refractivity contribution in [2.45, 2.75) is 45.1 Å². The SMILES string of the molecule is CC(C)(C)OC(=O)NCCNc1ccc2oc(C3CC3)nc2c1. The number of hydrogen-bond acceptors (Lipinski definition) is 5. The molecule has 124 valence electrons. The molecule has 1 saturated carbocycles. The van der Waals surface area contributed by atoms with Gasteiger partial charge in [0.15, 0.2) is 11.5 Å². The minimum Gasteiger partial charge on any atom is -0.444 e. The van der Waals surface area contributed by atoms with E-state index in [9.17, 15) is 4.79 Å². The number of fused-ring (bicyclic) bond motifs is 1. The molecule has 1 amide bonds. The van der Waals surface area contributed by atoms with Crippen LogP contribution >= 0.6 is 0 Å². The molecule has 0 atom stereocenters. The molecule has 3 rings (SSSR count). The van der Waals surface area contributed by atoms with Gasteiger partial charge >= 0.3 is 6.09 Å². The molecule has 0 spiro atoms. The zero-order valence-corrected chi connectivity index (χ0v) is 13.8. The van der Waals surface area contributed by atoms with E-state index in [0.717, 1.165) is 22.7 Å². The van der Waals surface area contributed by atoms with Crippen LogP contribution in [0.5, 0.6) is 0 Å². The van der Waals surface area contributed by atoms with Gasteiger partial charge < -0.3 is 19.8 Å². The zero-order valence-electron chi connectivity index (χ0n) is 13.8. The van der Waals surface area contributed by atoms with Gasteiger partial charge in [-0.25, -0.2) is 9.78 Å². The minimum absolute atomic E-state index is 0.402. The van der Waals surface area contributed by atoms with E-state index in [-0.39, 0.29) is 0 Å². The van der Waals surface area contributed by atoms with E-state index in [0.29, 0.717) is 19.0 Å². The third-order valence-corrected chi connectivity index (χ3v) is 3.45. The number of anilines is 1. The first-order chi connectivity index (χ1) is 10.9. The molecule has 6 nitrogen and oxygen atoms in total. The van der Waals surface area contributed by atoms with E-state index in [4.69, 9.17) is 9.15 Å². The predicted molar refractivity (Wildman–Crippen MR) is 88.7 cm³/mol. The lowest BCUT2D eigenvalue weighted by Crippen LogP contribution is -2.34. The summed E-state index contributed by atoms with van der Waals surface area (Å²) in [6.45, 7) is 6.62. The number of benzene rings is 1. The van der Waals surface area contributed by atoms with Gasteiger partial charge in [0.2, 0.25) is 0 Å². The second kappa shape index (κ2) is 6.10. The van der Waals surface area contributed by atoms with Crippen molar-refractivity contribution in [1.29, 1.82) is 0 Å². The number of carbonyl (C=O) groups is 1. The lowest BCUT2D eigenvalue weighted by molar-refractivity contribution is 0.0530. The van der Waals surface area contributed by atoms with Gasteiger partial charge in [0.25, 0.3) is 0 Å². The van der Waals surface area contributed by atoms with Crippen LogP contribution in [0.4, 0.5) is 10.5 Å². The Balaban J connectivity index is 1.48. The number of ether oxygens (including phenoxy) is 1. The smallest absolute Gasteiger partial charge is 0.407 e. The first kappa shape index (κ1) is 15.6. The van der Waals surface area contributed by atoms with Crippen LogP contribution in [0, 0.1) is 0 Å². The number of oxazole rings is 1. The Morgan fingerprint density at radius 2 is 2.13 bits per heavy atom. The summed E-state index contributed by atoms with van der Waals surface area (Å²) in [7, 11) is 0. The van der Waals surface area contributed by atoms with E-state index in [1.807, 2.05) is 39.0 Å². The predicted octanol–water partition coefficient (Wildman–Crippen LogP) is 3.64. The Kier molecular flexibility index (Phi) is 4.15. The Labute approximate surface area is 135 Å². The Morgan fingerprint density at radius 1 is 1.35 bits per heavy atom. The quantitative estimate of drug-likeness (QED) is 0.823. The van der Waals surface area contributed by atoms with Crippen LogP contribution in [0.1, 0.15) is 45.4 Å². The lowest BCUT2D eigenvalue weighted by atomic mass is 10.2. The molecule has 0 unspecified atom stereocenters. The van der Waals surface area contributed by atoms with Crippen molar-refractivity contribution in [3.8, 4) is 0 Å². The second-order valence-corrected chi connectivity index (χ2v) is 6.86. The van der Waals surface area contributed by atoms with Gasteiger partial charge in [0, 0.05) is 24.7 Å². The molecular weight excluding hydrogens is 294 g/mol. The van der Waals surface area contributed by atoms with Gasteiger partial charge in [0.1, 0.15) is 11.1 Å². The third kappa shape index (κ3) is 4.37. The molecule has 23 heavy (non-hydrogen) atoms. The number of alkyl carbamates (subject to hydrolysis) is 1. The van der Waals surface area contributed by atoms with Crippen LogP contribution in [-0.2, 0) is 4.74 Å². The lowest BCUT2D eigenvalue weighted by Gasteiger charge is -2.19. The summed E-state index contributed by atoms with van der Waals surface area (Å²) < 4.78 is 10.9. The highest BCUT2D eigenvalue weighted by atomic mass is 16.6. The first-order valence-corrected chi connectivity index (χ1v) is 8.02. The number of rotatable bonds is 5. The normalized spacial score (nSPS) is 14.7. The molecule has 1 aromatic carbocycles. The van der Waals surface area contributed by atoms with Crippen molar-refractivity contribution in [3.05, 3.63) is 24.1 Å². The minimum atomic E-state index is -0.477. The molecule has 1 fully saturated rings. The highest BCUT2D eigenvalue weighted by Crippen LogP contribution is 2.40. The molecule has 0 saturated heterocycles. The average Bonchev–Trinajstić information content (AvgIpc) is 3.21. The van der Waals surface area contributed by atoms with Gasteiger partial charge in [-0.1, -0.05) is 0 Å². The van der Waals surface area contributed by atoms with Crippen molar-refractivity contribution in [3.63, 3.8) is 0 Å². The molecule has 1 aliphatic rings. The molecule has 1 heterocycles. The third-order valence-electron chi connectivity index (χ3n) is 3.45. The van der Waals surface area contributed by atoms with E-state index in [1.165, 1.54) is 12.8 Å². The van der Waals surface area contributed by atoms with E-state index in [1.54, 1.807) is 0 Å². The van der Waals surface area contributed by atoms with Gasteiger partial charge in [-0.2, -0.15) is 0 Å². The fourth-order valence-corrected chi connectivity index (χ4v) is 2.25. The largest absolute Gasteiger partial charge is 0.444 e. The summed E-state index contributed by atoms with van der Waals surface area (Å²) >= 11 is 0. The molecule has 0 aliphatic heterocycles. The highest BCUT2D eigenvalue weighted by Gasteiger charge is 2.28. The van der Waals surface area contributed by atoms with E-state index in [2.05, 4.69) is 15.6 Å². The maximum absolute atomic E-state index is 11.5. The molecule has 6 heteroatoms. The molecule has 2 N–H and O–H groups in total. The topological polar surface area (TPSA) is 76.4 Å². The van der Waals surface area contributed by atoms with Gasteiger partial charge in [-0.3, -0.25) is 0 Å². The summed E-state index contributed by atoms with van der Waals surface area (Å²) in [4.78, 5) is 16.1. The van der Waals surface area contributed by atoms with Crippen LogP contribution in [0.2, 0.25) is 0 Å². The van der Waals surface area contributed by atoms with E-state index < -0.39 is 11.7 Å². The first-order valence-electron chi connectivity index (χ1n) is 8.02. The fourth-order valence-electron chi connectivity index (χ4n) is 2.25. The van der Waals surface area contributed by atoms with E-state index >= 15 is 0 Å². The summed E-state index contributed by atoms with van der Waals surface area (Å²) in [5.41, 5.74) is 2.18. The van der Waals surface area contributed by atoms with Crippen LogP contribution in [0.3, 0.4) is 0 Å².